The summed E-state index contributed by atoms with van der Waals surface area (Å²) in [5.74, 6) is 0. The largest absolute Gasteiger partial charge is 0.335 e. The predicted molar refractivity (Wildman–Crippen MR) is 76.2 cm³/mol. The smallest absolute Gasteiger partial charge is 0.315 e. The highest BCUT2D eigenvalue weighted by molar-refractivity contribution is 5.74. The Balaban J connectivity index is 1.61. The van der Waals surface area contributed by atoms with Crippen LogP contribution in [0, 0.1) is 0 Å². The topological polar surface area (TPSA) is 59.0 Å². The monoisotopic (exact) mass is 270 g/mol. The number of amides is 2. The molecule has 0 saturated heterocycles. The van der Waals surface area contributed by atoms with Gasteiger partial charge in [0.2, 0.25) is 0 Å². The fourth-order valence-electron chi connectivity index (χ4n) is 2.09. The summed E-state index contributed by atoms with van der Waals surface area (Å²) >= 11 is 0. The molecule has 1 aliphatic rings. The molecule has 1 heterocycles. The van der Waals surface area contributed by atoms with Crippen LogP contribution in [0.1, 0.15) is 24.0 Å². The SMILES string of the molecule is O=C(NCc1ccccc1Cn1cccn1)NC1CC1. The van der Waals surface area contributed by atoms with E-state index < -0.39 is 0 Å². The van der Waals surface area contributed by atoms with Crippen molar-refractivity contribution >= 4 is 6.03 Å². The maximum Gasteiger partial charge on any atom is 0.315 e. The van der Waals surface area contributed by atoms with Gasteiger partial charge in [0.05, 0.1) is 6.54 Å². The number of hydrogen-bond acceptors (Lipinski definition) is 2. The average Bonchev–Trinajstić information content (AvgIpc) is 3.11. The zero-order chi connectivity index (χ0) is 13.8. The van der Waals surface area contributed by atoms with Gasteiger partial charge in [0.15, 0.2) is 0 Å². The van der Waals surface area contributed by atoms with E-state index in [1.54, 1.807) is 6.20 Å². The zero-order valence-corrected chi connectivity index (χ0v) is 11.2. The number of urea groups is 1. The highest BCUT2D eigenvalue weighted by Gasteiger charge is 2.22. The van der Waals surface area contributed by atoms with Crippen molar-refractivity contribution in [3.05, 3.63) is 53.9 Å². The molecule has 2 aromatic rings. The lowest BCUT2D eigenvalue weighted by atomic mass is 10.1. The van der Waals surface area contributed by atoms with E-state index in [4.69, 9.17) is 0 Å². The van der Waals surface area contributed by atoms with E-state index in [9.17, 15) is 4.79 Å². The normalized spacial score (nSPS) is 14.0. The van der Waals surface area contributed by atoms with Gasteiger partial charge in [0, 0.05) is 25.0 Å². The molecule has 1 aromatic heterocycles. The Morgan fingerprint density at radius 1 is 1.25 bits per heavy atom. The van der Waals surface area contributed by atoms with Gasteiger partial charge in [-0.2, -0.15) is 5.10 Å². The van der Waals surface area contributed by atoms with Gasteiger partial charge in [-0.15, -0.1) is 0 Å². The standard InChI is InChI=1S/C15H18N4O/c20-15(18-14-6-7-14)16-10-12-4-1-2-5-13(12)11-19-9-3-8-17-19/h1-5,8-9,14H,6-7,10-11H2,(H2,16,18,20). The predicted octanol–water partition coefficient (Wildman–Crippen LogP) is 1.89. The van der Waals surface area contributed by atoms with Crippen molar-refractivity contribution in [2.75, 3.05) is 0 Å². The van der Waals surface area contributed by atoms with Crippen molar-refractivity contribution in [2.24, 2.45) is 0 Å². The highest BCUT2D eigenvalue weighted by atomic mass is 16.2. The lowest BCUT2D eigenvalue weighted by molar-refractivity contribution is 0.240. The third kappa shape index (κ3) is 3.38. The maximum absolute atomic E-state index is 11.7. The van der Waals surface area contributed by atoms with Crippen molar-refractivity contribution < 1.29 is 4.79 Å². The molecule has 3 rings (SSSR count). The van der Waals surface area contributed by atoms with Crippen molar-refractivity contribution in [2.45, 2.75) is 32.0 Å². The number of hydrogen-bond donors (Lipinski definition) is 2. The van der Waals surface area contributed by atoms with Gasteiger partial charge in [-0.1, -0.05) is 24.3 Å². The first kappa shape index (κ1) is 12.7. The van der Waals surface area contributed by atoms with Crippen molar-refractivity contribution in [1.82, 2.24) is 20.4 Å². The second-order valence-electron chi connectivity index (χ2n) is 5.07. The van der Waals surface area contributed by atoms with Gasteiger partial charge in [-0.3, -0.25) is 4.68 Å². The van der Waals surface area contributed by atoms with E-state index in [0.717, 1.165) is 24.9 Å². The molecule has 1 saturated carbocycles. The summed E-state index contributed by atoms with van der Waals surface area (Å²) in [6.07, 6.45) is 5.90. The van der Waals surface area contributed by atoms with Crippen LogP contribution in [-0.2, 0) is 13.1 Å². The number of carbonyl (C=O) groups excluding carboxylic acids is 1. The number of aromatic nitrogens is 2. The van der Waals surface area contributed by atoms with Gasteiger partial charge in [-0.25, -0.2) is 4.79 Å². The van der Waals surface area contributed by atoms with E-state index in [1.807, 2.05) is 35.1 Å². The number of rotatable bonds is 5. The molecule has 5 nitrogen and oxygen atoms in total. The summed E-state index contributed by atoms with van der Waals surface area (Å²) in [6.45, 7) is 1.26. The first-order valence-corrected chi connectivity index (χ1v) is 6.90. The van der Waals surface area contributed by atoms with Gasteiger partial charge < -0.3 is 10.6 Å². The minimum absolute atomic E-state index is 0.0820. The number of benzene rings is 1. The molecule has 1 fully saturated rings. The molecule has 20 heavy (non-hydrogen) atoms. The van der Waals surface area contributed by atoms with Gasteiger partial charge in [0.25, 0.3) is 0 Å². The molecule has 0 atom stereocenters. The Morgan fingerprint density at radius 3 is 2.75 bits per heavy atom. The zero-order valence-electron chi connectivity index (χ0n) is 11.2. The van der Waals surface area contributed by atoms with Crippen LogP contribution in [0.2, 0.25) is 0 Å². The summed E-state index contributed by atoms with van der Waals surface area (Å²) in [5.41, 5.74) is 2.29. The Labute approximate surface area is 118 Å². The summed E-state index contributed by atoms with van der Waals surface area (Å²) in [5, 5.41) is 10.0. The summed E-state index contributed by atoms with van der Waals surface area (Å²) in [4.78, 5) is 11.7. The molecule has 2 amide bonds. The Bertz CT molecular complexity index is 575. The Morgan fingerprint density at radius 2 is 2.05 bits per heavy atom. The van der Waals surface area contributed by atoms with Crippen LogP contribution in [0.5, 0.6) is 0 Å². The second kappa shape index (κ2) is 5.77. The minimum Gasteiger partial charge on any atom is -0.335 e. The Hall–Kier alpha value is -2.30. The van der Waals surface area contributed by atoms with Crippen molar-refractivity contribution in [1.29, 1.82) is 0 Å². The Kier molecular flexibility index (Phi) is 3.67. The van der Waals surface area contributed by atoms with Crippen LogP contribution < -0.4 is 10.6 Å². The van der Waals surface area contributed by atoms with E-state index in [1.165, 1.54) is 5.56 Å². The average molecular weight is 270 g/mol. The number of nitrogens with zero attached hydrogens (tertiary/aromatic N) is 2. The number of carbonyl (C=O) groups is 1. The molecule has 2 N–H and O–H groups in total. The fourth-order valence-corrected chi connectivity index (χ4v) is 2.09. The van der Waals surface area contributed by atoms with Gasteiger partial charge in [0.1, 0.15) is 0 Å². The van der Waals surface area contributed by atoms with Crippen LogP contribution in [0.15, 0.2) is 42.7 Å². The highest BCUT2D eigenvalue weighted by Crippen LogP contribution is 2.18. The molecule has 0 bridgehead atoms. The van der Waals surface area contributed by atoms with E-state index in [0.29, 0.717) is 12.6 Å². The van der Waals surface area contributed by atoms with E-state index in [2.05, 4.69) is 21.8 Å². The summed E-state index contributed by atoms with van der Waals surface area (Å²) in [7, 11) is 0. The fraction of sp³-hybridized carbons (Fsp3) is 0.333. The van der Waals surface area contributed by atoms with Gasteiger partial charge >= 0.3 is 6.03 Å². The van der Waals surface area contributed by atoms with Crippen molar-refractivity contribution in [3.63, 3.8) is 0 Å². The van der Waals surface area contributed by atoms with Crippen LogP contribution in [0.4, 0.5) is 4.79 Å². The third-order valence-electron chi connectivity index (χ3n) is 3.36. The molecular weight excluding hydrogens is 252 g/mol. The first-order valence-electron chi connectivity index (χ1n) is 6.90. The van der Waals surface area contributed by atoms with E-state index in [-0.39, 0.29) is 6.03 Å². The van der Waals surface area contributed by atoms with Crippen LogP contribution >= 0.6 is 0 Å². The molecule has 1 aromatic carbocycles. The molecule has 0 unspecified atom stereocenters. The first-order chi connectivity index (χ1) is 9.81. The quantitative estimate of drug-likeness (QED) is 0.871. The molecule has 1 aliphatic carbocycles. The molecule has 0 spiro atoms. The van der Waals surface area contributed by atoms with Gasteiger partial charge in [-0.05, 0) is 30.0 Å². The van der Waals surface area contributed by atoms with Crippen LogP contribution in [0.25, 0.3) is 0 Å². The summed E-state index contributed by atoms with van der Waals surface area (Å²) < 4.78 is 1.88. The van der Waals surface area contributed by atoms with E-state index >= 15 is 0 Å². The lowest BCUT2D eigenvalue weighted by Crippen LogP contribution is -2.36. The van der Waals surface area contributed by atoms with Crippen molar-refractivity contribution in [3.8, 4) is 0 Å². The summed E-state index contributed by atoms with van der Waals surface area (Å²) in [6, 6.07) is 10.3. The molecule has 5 heteroatoms. The second-order valence-corrected chi connectivity index (χ2v) is 5.07. The molecule has 0 aliphatic heterocycles. The third-order valence-corrected chi connectivity index (χ3v) is 3.36. The molecule has 0 radical (unpaired) electrons. The molecule has 104 valence electrons. The minimum atomic E-state index is -0.0820. The van der Waals surface area contributed by atoms with Crippen LogP contribution in [0.3, 0.4) is 0 Å². The van der Waals surface area contributed by atoms with Crippen LogP contribution in [-0.4, -0.2) is 21.9 Å². The number of nitrogens with one attached hydrogen (secondary N) is 2. The molecular formula is C15H18N4O. The maximum atomic E-state index is 11.7. The lowest BCUT2D eigenvalue weighted by Gasteiger charge is -2.11.